The Morgan fingerprint density at radius 3 is 2.89 bits per heavy atom. The van der Waals surface area contributed by atoms with Gasteiger partial charge in [0, 0.05) is 17.2 Å². The summed E-state index contributed by atoms with van der Waals surface area (Å²) in [6, 6.07) is 0. The van der Waals surface area contributed by atoms with Crippen molar-refractivity contribution >= 4 is 34.6 Å². The molecule has 0 aliphatic carbocycles. The summed E-state index contributed by atoms with van der Waals surface area (Å²) < 4.78 is 0.929. The third-order valence-electron chi connectivity index (χ3n) is 0.609. The third-order valence-corrected chi connectivity index (χ3v) is 1.71. The SMILES string of the molecule is CN/C=N\N=C(/C)CI. The fourth-order valence-electron chi connectivity index (χ4n) is 0.212. The van der Waals surface area contributed by atoms with Crippen LogP contribution in [0.2, 0.25) is 0 Å². The van der Waals surface area contributed by atoms with Gasteiger partial charge < -0.3 is 5.32 Å². The summed E-state index contributed by atoms with van der Waals surface area (Å²) in [5.41, 5.74) is 1.03. The quantitative estimate of drug-likeness (QED) is 0.258. The van der Waals surface area contributed by atoms with Crippen LogP contribution in [-0.2, 0) is 0 Å². The summed E-state index contributed by atoms with van der Waals surface area (Å²) in [6.07, 6.45) is 1.55. The minimum Gasteiger partial charge on any atom is -0.378 e. The molecule has 0 amide bonds. The Labute approximate surface area is 68.8 Å². The molecule has 0 aliphatic heterocycles. The van der Waals surface area contributed by atoms with E-state index in [9.17, 15) is 0 Å². The van der Waals surface area contributed by atoms with E-state index in [1.54, 1.807) is 13.4 Å². The molecular weight excluding hydrogens is 229 g/mol. The Bertz CT molecular complexity index is 119. The number of nitrogens with zero attached hydrogens (tertiary/aromatic N) is 2. The van der Waals surface area contributed by atoms with Gasteiger partial charge in [-0.3, -0.25) is 0 Å². The lowest BCUT2D eigenvalue weighted by molar-refractivity contribution is 1.15. The molecule has 0 rings (SSSR count). The monoisotopic (exact) mass is 239 g/mol. The molecule has 3 nitrogen and oxygen atoms in total. The standard InChI is InChI=1S/C5H10IN3/c1-5(3-6)9-8-4-7-2/h4H,3H2,1-2H3,(H,7,8)/b9-5+. The van der Waals surface area contributed by atoms with E-state index < -0.39 is 0 Å². The van der Waals surface area contributed by atoms with Crippen LogP contribution in [0.4, 0.5) is 0 Å². The maximum Gasteiger partial charge on any atom is 0.111 e. The fourth-order valence-corrected chi connectivity index (χ4v) is 0.364. The molecule has 4 heteroatoms. The van der Waals surface area contributed by atoms with E-state index in [2.05, 4.69) is 38.1 Å². The lowest BCUT2D eigenvalue weighted by atomic mass is 10.5. The zero-order valence-corrected chi connectivity index (χ0v) is 7.71. The van der Waals surface area contributed by atoms with Crippen LogP contribution < -0.4 is 5.32 Å². The van der Waals surface area contributed by atoms with Gasteiger partial charge in [0.1, 0.15) is 6.34 Å². The van der Waals surface area contributed by atoms with Gasteiger partial charge in [0.05, 0.1) is 0 Å². The lowest BCUT2D eigenvalue weighted by Gasteiger charge is -1.85. The zero-order valence-electron chi connectivity index (χ0n) is 5.56. The smallest absolute Gasteiger partial charge is 0.111 e. The Kier molecular flexibility index (Phi) is 5.91. The van der Waals surface area contributed by atoms with Crippen LogP contribution in [0.15, 0.2) is 10.2 Å². The molecule has 1 N–H and O–H groups in total. The first kappa shape index (κ1) is 8.87. The summed E-state index contributed by atoms with van der Waals surface area (Å²) in [5, 5.41) is 10.3. The Morgan fingerprint density at radius 2 is 2.44 bits per heavy atom. The first-order chi connectivity index (χ1) is 4.31. The third kappa shape index (κ3) is 5.75. The van der Waals surface area contributed by atoms with E-state index in [1.165, 1.54) is 0 Å². The Hall–Kier alpha value is -0.130. The highest BCUT2D eigenvalue weighted by atomic mass is 127. The molecule has 0 unspecified atom stereocenters. The van der Waals surface area contributed by atoms with E-state index in [1.807, 2.05) is 6.92 Å². The molecule has 0 aromatic rings. The van der Waals surface area contributed by atoms with E-state index >= 15 is 0 Å². The number of hydrogen-bond donors (Lipinski definition) is 1. The van der Waals surface area contributed by atoms with Gasteiger partial charge in [-0.25, -0.2) is 0 Å². The number of rotatable bonds is 3. The molecule has 0 heterocycles. The van der Waals surface area contributed by atoms with E-state index in [-0.39, 0.29) is 0 Å². The van der Waals surface area contributed by atoms with Crippen LogP contribution in [0, 0.1) is 0 Å². The number of halogens is 1. The van der Waals surface area contributed by atoms with Crippen molar-refractivity contribution in [3.63, 3.8) is 0 Å². The molecule has 0 fully saturated rings. The van der Waals surface area contributed by atoms with Gasteiger partial charge in [0.15, 0.2) is 0 Å². The molecule has 0 aliphatic rings. The lowest BCUT2D eigenvalue weighted by Crippen LogP contribution is -2.00. The van der Waals surface area contributed by atoms with E-state index in [4.69, 9.17) is 0 Å². The molecule has 0 aromatic heterocycles. The van der Waals surface area contributed by atoms with Gasteiger partial charge in [0.2, 0.25) is 0 Å². The molecule has 9 heavy (non-hydrogen) atoms. The van der Waals surface area contributed by atoms with E-state index in [0.717, 1.165) is 10.1 Å². The predicted octanol–water partition coefficient (Wildman–Crippen LogP) is 1.05. The molecule has 0 spiro atoms. The summed E-state index contributed by atoms with van der Waals surface area (Å²) in [7, 11) is 1.79. The molecule has 0 saturated carbocycles. The second-order valence-corrected chi connectivity index (χ2v) is 2.26. The number of nitrogens with one attached hydrogen (secondary N) is 1. The average molecular weight is 239 g/mol. The van der Waals surface area contributed by atoms with Crippen molar-refractivity contribution in [2.24, 2.45) is 10.2 Å². The van der Waals surface area contributed by atoms with Gasteiger partial charge in [-0.15, -0.1) is 5.10 Å². The Balaban J connectivity index is 3.55. The van der Waals surface area contributed by atoms with E-state index in [0.29, 0.717) is 0 Å². The van der Waals surface area contributed by atoms with Crippen molar-refractivity contribution in [1.29, 1.82) is 0 Å². The van der Waals surface area contributed by atoms with Crippen molar-refractivity contribution in [3.8, 4) is 0 Å². The average Bonchev–Trinajstić information content (AvgIpc) is 1.89. The highest BCUT2D eigenvalue weighted by Gasteiger charge is 1.80. The van der Waals surface area contributed by atoms with Crippen LogP contribution in [-0.4, -0.2) is 23.5 Å². The predicted molar refractivity (Wildman–Crippen MR) is 49.5 cm³/mol. The molecular formula is C5H10IN3. The normalized spacial score (nSPS) is 12.6. The summed E-state index contributed by atoms with van der Waals surface area (Å²) >= 11 is 2.24. The van der Waals surface area contributed by atoms with Crippen molar-refractivity contribution in [1.82, 2.24) is 5.32 Å². The van der Waals surface area contributed by atoms with Gasteiger partial charge in [-0.2, -0.15) is 5.10 Å². The number of alkyl halides is 1. The second kappa shape index (κ2) is 6.00. The molecule has 0 saturated heterocycles. The van der Waals surface area contributed by atoms with Crippen LogP contribution in [0.5, 0.6) is 0 Å². The van der Waals surface area contributed by atoms with Crippen molar-refractivity contribution < 1.29 is 0 Å². The molecule has 0 bridgehead atoms. The zero-order chi connectivity index (χ0) is 7.11. The largest absolute Gasteiger partial charge is 0.378 e. The molecule has 0 aromatic carbocycles. The Morgan fingerprint density at radius 1 is 1.78 bits per heavy atom. The van der Waals surface area contributed by atoms with Crippen molar-refractivity contribution in [2.75, 3.05) is 11.5 Å². The summed E-state index contributed by atoms with van der Waals surface area (Å²) in [5.74, 6) is 0. The van der Waals surface area contributed by atoms with Crippen LogP contribution in [0.3, 0.4) is 0 Å². The number of hydrogen-bond acceptors (Lipinski definition) is 2. The van der Waals surface area contributed by atoms with Crippen molar-refractivity contribution in [2.45, 2.75) is 6.92 Å². The summed E-state index contributed by atoms with van der Waals surface area (Å²) in [6.45, 7) is 1.94. The maximum atomic E-state index is 3.85. The second-order valence-electron chi connectivity index (χ2n) is 1.50. The highest BCUT2D eigenvalue weighted by Crippen LogP contribution is 1.85. The molecule has 0 atom stereocenters. The minimum absolute atomic E-state index is 0.929. The van der Waals surface area contributed by atoms with Gasteiger partial charge in [0.25, 0.3) is 0 Å². The van der Waals surface area contributed by atoms with Crippen LogP contribution in [0.1, 0.15) is 6.92 Å². The fraction of sp³-hybridized carbons (Fsp3) is 0.600. The van der Waals surface area contributed by atoms with Crippen LogP contribution >= 0.6 is 22.6 Å². The minimum atomic E-state index is 0.929. The first-order valence-corrected chi connectivity index (χ1v) is 4.12. The van der Waals surface area contributed by atoms with Crippen LogP contribution in [0.25, 0.3) is 0 Å². The highest BCUT2D eigenvalue weighted by molar-refractivity contribution is 14.1. The van der Waals surface area contributed by atoms with Gasteiger partial charge in [-0.1, -0.05) is 22.6 Å². The molecule has 52 valence electrons. The maximum absolute atomic E-state index is 3.85. The summed E-state index contributed by atoms with van der Waals surface area (Å²) in [4.78, 5) is 0. The molecule has 0 radical (unpaired) electrons. The first-order valence-electron chi connectivity index (χ1n) is 2.59. The topological polar surface area (TPSA) is 36.8 Å². The van der Waals surface area contributed by atoms with Gasteiger partial charge >= 0.3 is 0 Å². The van der Waals surface area contributed by atoms with Crippen molar-refractivity contribution in [3.05, 3.63) is 0 Å². The van der Waals surface area contributed by atoms with Gasteiger partial charge in [-0.05, 0) is 6.92 Å².